The number of carbonyl (C=O) groups excluding carboxylic acids is 3. The molecule has 1 heterocycles. The topological polar surface area (TPSA) is 66.5 Å². The molecule has 88 valence electrons. The molecule has 6 heteroatoms. The summed E-state index contributed by atoms with van der Waals surface area (Å²) in [6.45, 7) is 1.26. The molecule has 0 unspecified atom stereocenters. The zero-order valence-electron chi connectivity index (χ0n) is 9.20. The molecule has 0 saturated heterocycles. The van der Waals surface area contributed by atoms with Gasteiger partial charge < -0.3 is 5.32 Å². The van der Waals surface area contributed by atoms with Crippen LogP contribution in [-0.4, -0.2) is 29.7 Å². The molecule has 0 bridgehead atoms. The third kappa shape index (κ3) is 1.57. The van der Waals surface area contributed by atoms with Crippen LogP contribution in [0.3, 0.4) is 0 Å². The first kappa shape index (κ1) is 11.3. The molecule has 0 fully saturated rings. The molecule has 1 aromatic rings. The van der Waals surface area contributed by atoms with Crippen LogP contribution in [0.25, 0.3) is 0 Å². The maximum absolute atomic E-state index is 13.5. The van der Waals surface area contributed by atoms with Gasteiger partial charge in [-0.1, -0.05) is 0 Å². The highest BCUT2D eigenvalue weighted by Crippen LogP contribution is 2.30. The first-order chi connectivity index (χ1) is 7.93. The third-order valence-corrected chi connectivity index (χ3v) is 2.50. The molecule has 1 N–H and O–H groups in total. The molecule has 17 heavy (non-hydrogen) atoms. The van der Waals surface area contributed by atoms with Gasteiger partial charge in [-0.3, -0.25) is 19.3 Å². The predicted octanol–water partition coefficient (Wildman–Crippen LogP) is 1.01. The number of nitrogens with zero attached hydrogens (tertiary/aromatic N) is 1. The molecular weight excluding hydrogens is 227 g/mol. The zero-order valence-corrected chi connectivity index (χ0v) is 9.20. The van der Waals surface area contributed by atoms with Crippen LogP contribution >= 0.6 is 0 Å². The van der Waals surface area contributed by atoms with E-state index in [1.807, 2.05) is 0 Å². The van der Waals surface area contributed by atoms with E-state index in [1.54, 1.807) is 0 Å². The lowest BCUT2D eigenvalue weighted by molar-refractivity contribution is -0.114. The van der Waals surface area contributed by atoms with Gasteiger partial charge in [-0.2, -0.15) is 0 Å². The van der Waals surface area contributed by atoms with Crippen LogP contribution in [0.4, 0.5) is 10.1 Å². The lowest BCUT2D eigenvalue weighted by Gasteiger charge is -2.06. The summed E-state index contributed by atoms with van der Waals surface area (Å²) < 4.78 is 13.5. The van der Waals surface area contributed by atoms with Crippen molar-refractivity contribution in [1.82, 2.24) is 4.90 Å². The summed E-state index contributed by atoms with van der Waals surface area (Å²) in [7, 11) is 1.27. The average molecular weight is 236 g/mol. The standard InChI is InChI=1S/C11H9FN2O3/c1-5(15)13-7-4-3-6(12)8-9(7)11(17)14(2)10(8)16/h3-4H,1-2H3,(H,13,15). The Balaban J connectivity index is 2.66. The Morgan fingerprint density at radius 1 is 1.24 bits per heavy atom. The predicted molar refractivity (Wildman–Crippen MR) is 57.1 cm³/mol. The quantitative estimate of drug-likeness (QED) is 0.740. The Morgan fingerprint density at radius 2 is 1.82 bits per heavy atom. The van der Waals surface area contributed by atoms with E-state index < -0.39 is 23.5 Å². The summed E-state index contributed by atoms with van der Waals surface area (Å²) in [6, 6.07) is 2.31. The summed E-state index contributed by atoms with van der Waals surface area (Å²) in [4.78, 5) is 35.1. The Hall–Kier alpha value is -2.24. The highest BCUT2D eigenvalue weighted by Gasteiger charge is 2.37. The van der Waals surface area contributed by atoms with E-state index in [2.05, 4.69) is 5.32 Å². The Bertz CT molecular complexity index is 554. The van der Waals surface area contributed by atoms with Crippen molar-refractivity contribution in [3.8, 4) is 0 Å². The summed E-state index contributed by atoms with van der Waals surface area (Å²) in [5.74, 6) is -2.48. The normalized spacial score (nSPS) is 13.9. The van der Waals surface area contributed by atoms with Gasteiger partial charge in [0, 0.05) is 14.0 Å². The van der Waals surface area contributed by atoms with Crippen LogP contribution in [0, 0.1) is 5.82 Å². The molecule has 0 saturated carbocycles. The van der Waals surface area contributed by atoms with Crippen LogP contribution in [0.1, 0.15) is 27.6 Å². The van der Waals surface area contributed by atoms with Crippen molar-refractivity contribution in [2.75, 3.05) is 12.4 Å². The van der Waals surface area contributed by atoms with Gasteiger partial charge in [0.1, 0.15) is 5.82 Å². The fraction of sp³-hybridized carbons (Fsp3) is 0.182. The molecule has 0 atom stereocenters. The van der Waals surface area contributed by atoms with Gasteiger partial charge in [0.05, 0.1) is 16.8 Å². The fourth-order valence-electron chi connectivity index (χ4n) is 1.73. The van der Waals surface area contributed by atoms with Crippen LogP contribution in [0.2, 0.25) is 0 Å². The maximum atomic E-state index is 13.5. The van der Waals surface area contributed by atoms with E-state index in [-0.39, 0.29) is 16.8 Å². The van der Waals surface area contributed by atoms with Crippen molar-refractivity contribution in [2.24, 2.45) is 0 Å². The van der Waals surface area contributed by atoms with Crippen LogP contribution in [0.15, 0.2) is 12.1 Å². The molecule has 0 aromatic heterocycles. The number of anilines is 1. The lowest BCUT2D eigenvalue weighted by atomic mass is 10.1. The number of halogens is 1. The maximum Gasteiger partial charge on any atom is 0.264 e. The second-order valence-corrected chi connectivity index (χ2v) is 3.70. The molecule has 1 aromatic carbocycles. The summed E-state index contributed by atoms with van der Waals surface area (Å²) in [5, 5.41) is 2.40. The number of fused-ring (bicyclic) bond motifs is 1. The number of imide groups is 1. The summed E-state index contributed by atoms with van der Waals surface area (Å²) in [5.41, 5.74) is -0.229. The number of carbonyl (C=O) groups is 3. The first-order valence-corrected chi connectivity index (χ1v) is 4.86. The van der Waals surface area contributed by atoms with Gasteiger partial charge in [-0.05, 0) is 12.1 Å². The average Bonchev–Trinajstić information content (AvgIpc) is 2.48. The highest BCUT2D eigenvalue weighted by atomic mass is 19.1. The van der Waals surface area contributed by atoms with Crippen molar-refractivity contribution in [3.05, 3.63) is 29.1 Å². The van der Waals surface area contributed by atoms with E-state index in [4.69, 9.17) is 0 Å². The number of hydrogen-bond donors (Lipinski definition) is 1. The number of nitrogens with one attached hydrogen (secondary N) is 1. The third-order valence-electron chi connectivity index (χ3n) is 2.50. The fourth-order valence-corrected chi connectivity index (χ4v) is 1.73. The number of benzene rings is 1. The van der Waals surface area contributed by atoms with Gasteiger partial charge in [-0.15, -0.1) is 0 Å². The number of amides is 3. The largest absolute Gasteiger partial charge is 0.326 e. The van der Waals surface area contributed by atoms with Gasteiger partial charge >= 0.3 is 0 Å². The minimum atomic E-state index is -0.767. The van der Waals surface area contributed by atoms with E-state index >= 15 is 0 Å². The minimum Gasteiger partial charge on any atom is -0.326 e. The summed E-state index contributed by atoms with van der Waals surface area (Å²) >= 11 is 0. The van der Waals surface area contributed by atoms with Gasteiger partial charge in [0.2, 0.25) is 5.91 Å². The van der Waals surface area contributed by atoms with Crippen molar-refractivity contribution >= 4 is 23.4 Å². The molecular formula is C11H9FN2O3. The van der Waals surface area contributed by atoms with Crippen molar-refractivity contribution in [3.63, 3.8) is 0 Å². The van der Waals surface area contributed by atoms with E-state index in [1.165, 1.54) is 20.0 Å². The smallest absolute Gasteiger partial charge is 0.264 e. The van der Waals surface area contributed by atoms with E-state index in [0.717, 1.165) is 11.0 Å². The van der Waals surface area contributed by atoms with Crippen LogP contribution in [-0.2, 0) is 4.79 Å². The molecule has 0 aliphatic carbocycles. The molecule has 0 radical (unpaired) electrons. The molecule has 1 aliphatic rings. The van der Waals surface area contributed by atoms with E-state index in [9.17, 15) is 18.8 Å². The lowest BCUT2D eigenvalue weighted by Crippen LogP contribution is -2.24. The van der Waals surface area contributed by atoms with Crippen molar-refractivity contribution in [2.45, 2.75) is 6.92 Å². The van der Waals surface area contributed by atoms with Crippen LogP contribution < -0.4 is 5.32 Å². The second-order valence-electron chi connectivity index (χ2n) is 3.70. The molecule has 0 spiro atoms. The molecule has 5 nitrogen and oxygen atoms in total. The Labute approximate surface area is 96.2 Å². The first-order valence-electron chi connectivity index (χ1n) is 4.86. The monoisotopic (exact) mass is 236 g/mol. The minimum absolute atomic E-state index is 0.0901. The van der Waals surface area contributed by atoms with Crippen LogP contribution in [0.5, 0.6) is 0 Å². The molecule has 3 amide bonds. The van der Waals surface area contributed by atoms with Gasteiger partial charge in [-0.25, -0.2) is 4.39 Å². The highest BCUT2D eigenvalue weighted by molar-refractivity contribution is 6.24. The Kier molecular flexibility index (Phi) is 2.42. The summed E-state index contributed by atoms with van der Waals surface area (Å²) in [6.07, 6.45) is 0. The second kappa shape index (κ2) is 3.65. The molecule has 2 rings (SSSR count). The van der Waals surface area contributed by atoms with Crippen molar-refractivity contribution in [1.29, 1.82) is 0 Å². The van der Waals surface area contributed by atoms with E-state index in [0.29, 0.717) is 0 Å². The number of rotatable bonds is 1. The number of hydrogen-bond acceptors (Lipinski definition) is 3. The Morgan fingerprint density at radius 3 is 2.41 bits per heavy atom. The van der Waals surface area contributed by atoms with Gasteiger partial charge in [0.15, 0.2) is 0 Å². The zero-order chi connectivity index (χ0) is 12.7. The molecule has 1 aliphatic heterocycles. The SMILES string of the molecule is CC(=O)Nc1ccc(F)c2c1C(=O)N(C)C2=O. The van der Waals surface area contributed by atoms with Crippen molar-refractivity contribution < 1.29 is 18.8 Å². The van der Waals surface area contributed by atoms with Gasteiger partial charge in [0.25, 0.3) is 11.8 Å².